The van der Waals surface area contributed by atoms with Gasteiger partial charge in [-0.2, -0.15) is 11.8 Å². The first-order chi connectivity index (χ1) is 14.1. The Labute approximate surface area is 172 Å². The number of hydrogen-bond donors (Lipinski definition) is 1. The molecule has 1 aliphatic rings. The molecule has 2 heterocycles. The highest BCUT2D eigenvalue weighted by Gasteiger charge is 2.30. The number of aromatic amines is 1. The summed E-state index contributed by atoms with van der Waals surface area (Å²) in [6.07, 6.45) is 3.16. The predicted octanol–water partition coefficient (Wildman–Crippen LogP) is 2.57. The Kier molecular flexibility index (Phi) is 5.58. The fourth-order valence-electron chi connectivity index (χ4n) is 3.95. The first-order valence-corrected chi connectivity index (χ1v) is 11.1. The molecular formula is C22H23N3O3S. The largest absolute Gasteiger partial charge is 0.336 e. The van der Waals surface area contributed by atoms with Gasteiger partial charge in [-0.05, 0) is 48.1 Å². The number of aromatic nitrogens is 2. The van der Waals surface area contributed by atoms with Crippen LogP contribution in [0.3, 0.4) is 0 Å². The van der Waals surface area contributed by atoms with E-state index in [0.29, 0.717) is 36.2 Å². The van der Waals surface area contributed by atoms with Gasteiger partial charge in [-0.15, -0.1) is 0 Å². The molecule has 29 heavy (non-hydrogen) atoms. The monoisotopic (exact) mass is 409 g/mol. The zero-order chi connectivity index (χ0) is 20.4. The zero-order valence-electron chi connectivity index (χ0n) is 16.3. The highest BCUT2D eigenvalue weighted by atomic mass is 32.2. The number of para-hydroxylation sites is 1. The Morgan fingerprint density at radius 3 is 2.62 bits per heavy atom. The fourth-order valence-corrected chi connectivity index (χ4v) is 4.41. The molecule has 0 aliphatic carbocycles. The molecule has 4 rings (SSSR count). The molecule has 1 aliphatic heterocycles. The minimum atomic E-state index is -0.812. The van der Waals surface area contributed by atoms with E-state index in [1.165, 1.54) is 5.56 Å². The van der Waals surface area contributed by atoms with Crippen LogP contribution in [-0.4, -0.2) is 38.9 Å². The lowest BCUT2D eigenvalue weighted by Gasteiger charge is -2.32. The summed E-state index contributed by atoms with van der Waals surface area (Å²) in [5.41, 5.74) is 1.90. The maximum absolute atomic E-state index is 13.5. The van der Waals surface area contributed by atoms with Gasteiger partial charge in [0.25, 0.3) is 5.56 Å². The number of nitrogens with one attached hydrogen (secondary N) is 1. The Balaban J connectivity index is 1.74. The molecule has 2 aromatic carbocycles. The number of thioether (sulfide) groups is 1. The van der Waals surface area contributed by atoms with Gasteiger partial charge < -0.3 is 9.88 Å². The van der Waals surface area contributed by atoms with E-state index < -0.39 is 17.3 Å². The molecule has 7 heteroatoms. The molecule has 0 radical (unpaired) electrons. The number of carbonyl (C=O) groups excluding carboxylic acids is 1. The molecule has 1 atom stereocenters. The Bertz CT molecular complexity index is 1170. The molecular weight excluding hydrogens is 386 g/mol. The molecule has 3 aromatic rings. The van der Waals surface area contributed by atoms with E-state index in [9.17, 15) is 14.4 Å². The van der Waals surface area contributed by atoms with Crippen molar-refractivity contribution in [2.75, 3.05) is 18.6 Å². The lowest BCUT2D eigenvalue weighted by molar-refractivity contribution is -0.136. The van der Waals surface area contributed by atoms with Crippen LogP contribution in [0, 0.1) is 0 Å². The standard InChI is InChI=1S/C22H23N3O3S/c1-29-13-11-19(21(27)24-12-10-15-6-2-3-7-16(15)14-24)25-20(26)17-8-4-5-9-18(17)23-22(25)28/h2-9,19H,10-14H2,1H3,(H,23,28). The molecule has 1 N–H and O–H groups in total. The van der Waals surface area contributed by atoms with Gasteiger partial charge in [-0.1, -0.05) is 36.4 Å². The normalized spacial score (nSPS) is 14.6. The number of nitrogens with zero attached hydrogens (tertiary/aromatic N) is 2. The molecule has 1 aromatic heterocycles. The Morgan fingerprint density at radius 1 is 1.10 bits per heavy atom. The highest BCUT2D eigenvalue weighted by molar-refractivity contribution is 7.98. The third-order valence-electron chi connectivity index (χ3n) is 5.47. The topological polar surface area (TPSA) is 75.2 Å². The highest BCUT2D eigenvalue weighted by Crippen LogP contribution is 2.23. The summed E-state index contributed by atoms with van der Waals surface area (Å²) < 4.78 is 1.11. The van der Waals surface area contributed by atoms with Gasteiger partial charge in [0.05, 0.1) is 10.9 Å². The van der Waals surface area contributed by atoms with Crippen LogP contribution < -0.4 is 11.2 Å². The summed E-state index contributed by atoms with van der Waals surface area (Å²) in [5.74, 6) is 0.510. The summed E-state index contributed by atoms with van der Waals surface area (Å²) in [6, 6.07) is 14.2. The van der Waals surface area contributed by atoms with Crippen LogP contribution in [0.15, 0.2) is 58.1 Å². The van der Waals surface area contributed by atoms with Crippen LogP contribution in [0.4, 0.5) is 0 Å². The van der Waals surface area contributed by atoms with E-state index in [2.05, 4.69) is 11.1 Å². The second-order valence-corrected chi connectivity index (χ2v) is 8.21. The van der Waals surface area contributed by atoms with Gasteiger partial charge in [0.2, 0.25) is 5.91 Å². The van der Waals surface area contributed by atoms with Crippen molar-refractivity contribution in [3.05, 3.63) is 80.5 Å². The van der Waals surface area contributed by atoms with Crippen molar-refractivity contribution in [2.45, 2.75) is 25.4 Å². The Morgan fingerprint density at radius 2 is 1.83 bits per heavy atom. The molecule has 6 nitrogen and oxygen atoms in total. The van der Waals surface area contributed by atoms with Gasteiger partial charge in [0.1, 0.15) is 6.04 Å². The third kappa shape index (κ3) is 3.74. The quantitative estimate of drug-likeness (QED) is 0.703. The molecule has 0 bridgehead atoms. The average Bonchev–Trinajstić information content (AvgIpc) is 2.75. The first-order valence-electron chi connectivity index (χ1n) is 9.68. The van der Waals surface area contributed by atoms with Crippen LogP contribution in [0.1, 0.15) is 23.6 Å². The van der Waals surface area contributed by atoms with Crippen LogP contribution in [0.25, 0.3) is 10.9 Å². The number of hydrogen-bond acceptors (Lipinski definition) is 4. The molecule has 0 spiro atoms. The molecule has 0 saturated carbocycles. The maximum Gasteiger partial charge on any atom is 0.329 e. The van der Waals surface area contributed by atoms with E-state index in [-0.39, 0.29) is 5.91 Å². The lowest BCUT2D eigenvalue weighted by Crippen LogP contribution is -2.47. The lowest BCUT2D eigenvalue weighted by atomic mass is 9.99. The van der Waals surface area contributed by atoms with E-state index in [1.807, 2.05) is 24.5 Å². The summed E-state index contributed by atoms with van der Waals surface area (Å²) in [7, 11) is 0. The van der Waals surface area contributed by atoms with Gasteiger partial charge >= 0.3 is 5.69 Å². The van der Waals surface area contributed by atoms with Crippen LogP contribution >= 0.6 is 11.8 Å². The molecule has 0 fully saturated rings. The summed E-state index contributed by atoms with van der Waals surface area (Å²) in [5, 5.41) is 0.415. The fraction of sp³-hybridized carbons (Fsp3) is 0.318. The second-order valence-electron chi connectivity index (χ2n) is 7.23. The van der Waals surface area contributed by atoms with Crippen molar-refractivity contribution in [1.29, 1.82) is 0 Å². The average molecular weight is 410 g/mol. The zero-order valence-corrected chi connectivity index (χ0v) is 17.1. The summed E-state index contributed by atoms with van der Waals surface area (Å²) in [4.78, 5) is 43.9. The minimum Gasteiger partial charge on any atom is -0.336 e. The van der Waals surface area contributed by atoms with Crippen molar-refractivity contribution >= 4 is 28.6 Å². The van der Waals surface area contributed by atoms with Crippen molar-refractivity contribution in [3.63, 3.8) is 0 Å². The van der Waals surface area contributed by atoms with E-state index >= 15 is 0 Å². The second kappa shape index (κ2) is 8.29. The van der Waals surface area contributed by atoms with Gasteiger partial charge in [0.15, 0.2) is 0 Å². The number of H-pyrrole nitrogens is 1. The van der Waals surface area contributed by atoms with Crippen molar-refractivity contribution < 1.29 is 4.79 Å². The van der Waals surface area contributed by atoms with E-state index in [1.54, 1.807) is 40.9 Å². The van der Waals surface area contributed by atoms with Crippen LogP contribution in [-0.2, 0) is 17.8 Å². The maximum atomic E-state index is 13.5. The van der Waals surface area contributed by atoms with Crippen molar-refractivity contribution in [2.24, 2.45) is 0 Å². The molecule has 0 saturated heterocycles. The van der Waals surface area contributed by atoms with Gasteiger partial charge in [-0.25, -0.2) is 9.36 Å². The van der Waals surface area contributed by atoms with E-state index in [0.717, 1.165) is 16.6 Å². The summed E-state index contributed by atoms with van der Waals surface area (Å²) in [6.45, 7) is 1.09. The van der Waals surface area contributed by atoms with E-state index in [4.69, 9.17) is 0 Å². The SMILES string of the molecule is CSCCC(C(=O)N1CCc2ccccc2C1)n1c(=O)[nH]c2ccccc2c1=O. The van der Waals surface area contributed by atoms with Crippen molar-refractivity contribution in [1.82, 2.24) is 14.5 Å². The Hall–Kier alpha value is -2.80. The smallest absolute Gasteiger partial charge is 0.329 e. The van der Waals surface area contributed by atoms with Crippen LogP contribution in [0.2, 0.25) is 0 Å². The number of fused-ring (bicyclic) bond motifs is 2. The predicted molar refractivity (Wildman–Crippen MR) is 116 cm³/mol. The molecule has 1 unspecified atom stereocenters. The van der Waals surface area contributed by atoms with Gasteiger partial charge in [0, 0.05) is 13.1 Å². The minimum absolute atomic E-state index is 0.170. The molecule has 150 valence electrons. The number of carbonyl (C=O) groups is 1. The number of benzene rings is 2. The third-order valence-corrected chi connectivity index (χ3v) is 6.12. The molecule has 1 amide bonds. The van der Waals surface area contributed by atoms with Gasteiger partial charge in [-0.3, -0.25) is 9.59 Å². The number of rotatable bonds is 5. The van der Waals surface area contributed by atoms with Crippen molar-refractivity contribution in [3.8, 4) is 0 Å². The van der Waals surface area contributed by atoms with Crippen LogP contribution in [0.5, 0.6) is 0 Å². The number of amides is 1. The first kappa shape index (κ1) is 19.5. The summed E-state index contributed by atoms with van der Waals surface area (Å²) >= 11 is 1.59.